The highest BCUT2D eigenvalue weighted by Gasteiger charge is 2.06. The molecule has 17 heavy (non-hydrogen) atoms. The molecule has 0 bridgehead atoms. The molecule has 0 aliphatic rings. The molecule has 0 radical (unpaired) electrons. The summed E-state index contributed by atoms with van der Waals surface area (Å²) < 4.78 is 23.1. The summed E-state index contributed by atoms with van der Waals surface area (Å²) in [5.41, 5.74) is 6.72. The van der Waals surface area contributed by atoms with Gasteiger partial charge >= 0.3 is 0 Å². The van der Waals surface area contributed by atoms with Crippen LogP contribution in [0, 0.1) is 0 Å². The number of thioether (sulfide) groups is 1. The van der Waals surface area contributed by atoms with E-state index in [0.717, 1.165) is 15.8 Å². The van der Waals surface area contributed by atoms with Gasteiger partial charge in [-0.05, 0) is 30.7 Å². The van der Waals surface area contributed by atoms with Crippen molar-refractivity contribution in [3.05, 3.63) is 28.2 Å². The maximum atomic E-state index is 11.1. The van der Waals surface area contributed by atoms with Crippen molar-refractivity contribution in [2.75, 3.05) is 24.3 Å². The average molecular weight is 338 g/mol. The lowest BCUT2D eigenvalue weighted by Crippen LogP contribution is -2.06. The lowest BCUT2D eigenvalue weighted by atomic mass is 10.1. The SMILES string of the molecule is CS(=O)(=O)CCSc1cc(Br)ccc1CCN. The van der Waals surface area contributed by atoms with Gasteiger partial charge in [0, 0.05) is 21.4 Å². The average Bonchev–Trinajstić information content (AvgIpc) is 2.20. The van der Waals surface area contributed by atoms with Crippen LogP contribution >= 0.6 is 27.7 Å². The molecule has 0 spiro atoms. The second-order valence-electron chi connectivity index (χ2n) is 3.77. The van der Waals surface area contributed by atoms with Crippen LogP contribution in [-0.2, 0) is 16.3 Å². The van der Waals surface area contributed by atoms with Crippen molar-refractivity contribution in [3.63, 3.8) is 0 Å². The second-order valence-corrected chi connectivity index (χ2v) is 8.08. The molecule has 0 amide bonds. The van der Waals surface area contributed by atoms with Gasteiger partial charge in [0.15, 0.2) is 0 Å². The Labute approximate surface area is 115 Å². The first kappa shape index (κ1) is 15.0. The first-order valence-corrected chi connectivity index (χ1v) is 9.05. The van der Waals surface area contributed by atoms with Crippen LogP contribution in [0.1, 0.15) is 5.56 Å². The lowest BCUT2D eigenvalue weighted by Gasteiger charge is -2.08. The Bertz CT molecular complexity index is 474. The molecule has 0 unspecified atom stereocenters. The minimum Gasteiger partial charge on any atom is -0.330 e. The van der Waals surface area contributed by atoms with Gasteiger partial charge in [-0.15, -0.1) is 11.8 Å². The number of benzene rings is 1. The van der Waals surface area contributed by atoms with Gasteiger partial charge in [-0.2, -0.15) is 0 Å². The van der Waals surface area contributed by atoms with Crippen molar-refractivity contribution >= 4 is 37.5 Å². The van der Waals surface area contributed by atoms with Crippen LogP contribution < -0.4 is 5.73 Å². The van der Waals surface area contributed by atoms with Gasteiger partial charge in [-0.3, -0.25) is 0 Å². The van der Waals surface area contributed by atoms with Crippen LogP contribution in [0.15, 0.2) is 27.6 Å². The van der Waals surface area contributed by atoms with Crippen molar-refractivity contribution in [1.29, 1.82) is 0 Å². The smallest absolute Gasteiger partial charge is 0.148 e. The van der Waals surface area contributed by atoms with Gasteiger partial charge in [-0.25, -0.2) is 8.42 Å². The van der Waals surface area contributed by atoms with Gasteiger partial charge < -0.3 is 5.73 Å². The van der Waals surface area contributed by atoms with E-state index in [1.807, 2.05) is 18.2 Å². The summed E-state index contributed by atoms with van der Waals surface area (Å²) in [5, 5.41) is 0. The van der Waals surface area contributed by atoms with Crippen LogP contribution in [0.5, 0.6) is 0 Å². The number of nitrogens with two attached hydrogens (primary N) is 1. The lowest BCUT2D eigenvalue weighted by molar-refractivity contribution is 0.603. The summed E-state index contributed by atoms with van der Waals surface area (Å²) in [6.07, 6.45) is 2.07. The molecular formula is C11H16BrNO2S2. The molecule has 0 aliphatic carbocycles. The molecule has 0 fully saturated rings. The monoisotopic (exact) mass is 337 g/mol. The number of sulfone groups is 1. The predicted molar refractivity (Wildman–Crippen MR) is 77.3 cm³/mol. The molecule has 0 atom stereocenters. The van der Waals surface area contributed by atoms with Gasteiger partial charge in [0.25, 0.3) is 0 Å². The van der Waals surface area contributed by atoms with Gasteiger partial charge in [0.1, 0.15) is 9.84 Å². The molecule has 0 saturated carbocycles. The van der Waals surface area contributed by atoms with E-state index in [1.54, 1.807) is 11.8 Å². The molecule has 0 aromatic heterocycles. The van der Waals surface area contributed by atoms with E-state index in [4.69, 9.17) is 5.73 Å². The standard InChI is InChI=1S/C11H16BrNO2S2/c1-17(14,15)7-6-16-11-8-10(12)3-2-9(11)4-5-13/h2-3,8H,4-7,13H2,1H3. The molecule has 96 valence electrons. The van der Waals surface area contributed by atoms with Crippen LogP contribution in [-0.4, -0.2) is 32.7 Å². The maximum absolute atomic E-state index is 11.1. The van der Waals surface area contributed by atoms with E-state index in [1.165, 1.54) is 11.8 Å². The first-order valence-electron chi connectivity index (χ1n) is 5.21. The van der Waals surface area contributed by atoms with E-state index in [-0.39, 0.29) is 5.75 Å². The maximum Gasteiger partial charge on any atom is 0.148 e. The number of hydrogen-bond donors (Lipinski definition) is 1. The highest BCUT2D eigenvalue weighted by Crippen LogP contribution is 2.26. The van der Waals surface area contributed by atoms with Crippen molar-refractivity contribution in [2.24, 2.45) is 5.73 Å². The first-order chi connectivity index (χ1) is 7.92. The normalized spacial score (nSPS) is 11.7. The van der Waals surface area contributed by atoms with Crippen LogP contribution in [0.3, 0.4) is 0 Å². The van der Waals surface area contributed by atoms with E-state index < -0.39 is 9.84 Å². The van der Waals surface area contributed by atoms with Crippen molar-refractivity contribution in [3.8, 4) is 0 Å². The number of hydrogen-bond acceptors (Lipinski definition) is 4. The molecule has 1 aromatic rings. The van der Waals surface area contributed by atoms with Crippen LogP contribution in [0.2, 0.25) is 0 Å². The predicted octanol–water partition coefficient (Wildman–Crippen LogP) is 2.09. The van der Waals surface area contributed by atoms with Crippen molar-refractivity contribution in [1.82, 2.24) is 0 Å². The molecule has 1 rings (SSSR count). The number of halogens is 1. The van der Waals surface area contributed by atoms with Gasteiger partial charge in [0.2, 0.25) is 0 Å². The minimum absolute atomic E-state index is 0.201. The molecule has 2 N–H and O–H groups in total. The summed E-state index contributed by atoms with van der Waals surface area (Å²) in [5.74, 6) is 0.777. The summed E-state index contributed by atoms with van der Waals surface area (Å²) in [7, 11) is -2.89. The minimum atomic E-state index is -2.89. The molecule has 0 saturated heterocycles. The highest BCUT2D eigenvalue weighted by atomic mass is 79.9. The summed E-state index contributed by atoms with van der Waals surface area (Å²) in [6.45, 7) is 0.598. The Hall–Kier alpha value is -0.0400. The number of rotatable bonds is 6. The Morgan fingerprint density at radius 3 is 2.71 bits per heavy atom. The Morgan fingerprint density at radius 1 is 1.41 bits per heavy atom. The topological polar surface area (TPSA) is 60.2 Å². The fourth-order valence-corrected chi connectivity index (χ4v) is 4.17. The van der Waals surface area contributed by atoms with Gasteiger partial charge in [0.05, 0.1) is 5.75 Å². The molecule has 0 heterocycles. The second kappa shape index (κ2) is 6.78. The van der Waals surface area contributed by atoms with Crippen molar-refractivity contribution in [2.45, 2.75) is 11.3 Å². The highest BCUT2D eigenvalue weighted by molar-refractivity contribution is 9.10. The third kappa shape index (κ3) is 5.90. The summed E-state index contributed by atoms with van der Waals surface area (Å²) in [4.78, 5) is 1.11. The zero-order valence-corrected chi connectivity index (χ0v) is 12.9. The van der Waals surface area contributed by atoms with Crippen LogP contribution in [0.4, 0.5) is 0 Å². The van der Waals surface area contributed by atoms with E-state index in [0.29, 0.717) is 12.3 Å². The fourth-order valence-electron chi connectivity index (χ4n) is 1.33. The molecule has 3 nitrogen and oxygen atoms in total. The fraction of sp³-hybridized carbons (Fsp3) is 0.455. The summed E-state index contributed by atoms with van der Waals surface area (Å²) in [6, 6.07) is 6.02. The van der Waals surface area contributed by atoms with E-state index in [9.17, 15) is 8.42 Å². The zero-order valence-electron chi connectivity index (χ0n) is 9.65. The molecule has 6 heteroatoms. The van der Waals surface area contributed by atoms with E-state index in [2.05, 4.69) is 15.9 Å². The Morgan fingerprint density at radius 2 is 2.12 bits per heavy atom. The zero-order chi connectivity index (χ0) is 12.9. The third-order valence-corrected chi connectivity index (χ3v) is 4.95. The largest absolute Gasteiger partial charge is 0.330 e. The van der Waals surface area contributed by atoms with E-state index >= 15 is 0 Å². The quantitative estimate of drug-likeness (QED) is 0.807. The van der Waals surface area contributed by atoms with Crippen LogP contribution in [0.25, 0.3) is 0 Å². The van der Waals surface area contributed by atoms with Gasteiger partial charge in [-0.1, -0.05) is 22.0 Å². The molecular weight excluding hydrogens is 322 g/mol. The third-order valence-electron chi connectivity index (χ3n) is 2.15. The van der Waals surface area contributed by atoms with Crippen molar-refractivity contribution < 1.29 is 8.42 Å². The Balaban J connectivity index is 2.71. The summed E-state index contributed by atoms with van der Waals surface area (Å²) >= 11 is 4.98. The molecule has 0 aliphatic heterocycles. The Kier molecular flexibility index (Phi) is 5.99. The molecule has 1 aromatic carbocycles.